The predicted molar refractivity (Wildman–Crippen MR) is 63.8 cm³/mol. The van der Waals surface area contributed by atoms with Crippen molar-refractivity contribution >= 4 is 0 Å². The molecular weight excluding hydrogens is 216 g/mol. The summed E-state index contributed by atoms with van der Waals surface area (Å²) < 4.78 is 7.72. The molecule has 4 heteroatoms. The van der Waals surface area contributed by atoms with Gasteiger partial charge < -0.3 is 14.4 Å². The summed E-state index contributed by atoms with van der Waals surface area (Å²) in [5.74, 6) is 1.74. The smallest absolute Gasteiger partial charge is 0.109 e. The van der Waals surface area contributed by atoms with Crippen molar-refractivity contribution in [1.29, 1.82) is 0 Å². The molecule has 17 heavy (non-hydrogen) atoms. The second-order valence-electron chi connectivity index (χ2n) is 5.26. The molecule has 2 atom stereocenters. The first-order valence-electron chi connectivity index (χ1n) is 6.62. The maximum atomic E-state index is 9.73. The van der Waals surface area contributed by atoms with Gasteiger partial charge in [0.2, 0.25) is 0 Å². The zero-order valence-corrected chi connectivity index (χ0v) is 10.1. The number of imidazole rings is 1. The van der Waals surface area contributed by atoms with Crippen molar-refractivity contribution in [1.82, 2.24) is 9.55 Å². The van der Waals surface area contributed by atoms with Crippen LogP contribution in [-0.2, 0) is 24.1 Å². The van der Waals surface area contributed by atoms with Gasteiger partial charge in [0.25, 0.3) is 0 Å². The van der Waals surface area contributed by atoms with Crippen LogP contribution in [0.5, 0.6) is 0 Å². The van der Waals surface area contributed by atoms with E-state index in [1.807, 2.05) is 6.20 Å². The molecule has 0 aliphatic carbocycles. The first kappa shape index (κ1) is 11.2. The molecule has 3 heterocycles. The molecule has 0 bridgehead atoms. The number of rotatable bonds is 2. The summed E-state index contributed by atoms with van der Waals surface area (Å²) in [7, 11) is 0. The third-order valence-electron chi connectivity index (χ3n) is 3.87. The van der Waals surface area contributed by atoms with Crippen molar-refractivity contribution < 1.29 is 9.84 Å². The van der Waals surface area contributed by atoms with Gasteiger partial charge in [0.1, 0.15) is 5.82 Å². The Labute approximate surface area is 102 Å². The van der Waals surface area contributed by atoms with Gasteiger partial charge in [-0.2, -0.15) is 0 Å². The van der Waals surface area contributed by atoms with Crippen LogP contribution in [0.2, 0.25) is 0 Å². The number of aromatic nitrogens is 2. The summed E-state index contributed by atoms with van der Waals surface area (Å²) in [6, 6.07) is 0. The second kappa shape index (κ2) is 4.78. The van der Waals surface area contributed by atoms with E-state index in [2.05, 4.69) is 9.55 Å². The molecule has 0 spiro atoms. The monoisotopic (exact) mass is 236 g/mol. The lowest BCUT2D eigenvalue weighted by Crippen LogP contribution is -2.27. The summed E-state index contributed by atoms with van der Waals surface area (Å²) >= 11 is 0. The van der Waals surface area contributed by atoms with Crippen LogP contribution in [0.4, 0.5) is 0 Å². The summed E-state index contributed by atoms with van der Waals surface area (Å²) in [6.07, 6.45) is 7.01. The van der Waals surface area contributed by atoms with Gasteiger partial charge in [-0.1, -0.05) is 0 Å². The molecule has 2 aliphatic heterocycles. The number of aliphatic hydroxyl groups excluding tert-OH is 1. The number of nitrogens with zero attached hydrogens (tertiary/aromatic N) is 2. The fourth-order valence-electron chi connectivity index (χ4n) is 2.88. The van der Waals surface area contributed by atoms with Gasteiger partial charge in [-0.05, 0) is 31.6 Å². The summed E-state index contributed by atoms with van der Waals surface area (Å²) in [4.78, 5) is 4.52. The van der Waals surface area contributed by atoms with Crippen molar-refractivity contribution in [3.05, 3.63) is 17.7 Å². The van der Waals surface area contributed by atoms with Crippen LogP contribution in [0.15, 0.2) is 6.20 Å². The molecule has 3 rings (SSSR count). The van der Waals surface area contributed by atoms with E-state index in [1.165, 1.54) is 18.5 Å². The van der Waals surface area contributed by atoms with Crippen LogP contribution in [0.25, 0.3) is 0 Å². The topological polar surface area (TPSA) is 47.3 Å². The zero-order chi connectivity index (χ0) is 11.7. The van der Waals surface area contributed by atoms with E-state index < -0.39 is 0 Å². The zero-order valence-electron chi connectivity index (χ0n) is 10.1. The molecule has 2 aliphatic rings. The van der Waals surface area contributed by atoms with Crippen molar-refractivity contribution in [2.45, 2.75) is 44.8 Å². The van der Waals surface area contributed by atoms with Crippen LogP contribution < -0.4 is 0 Å². The Morgan fingerprint density at radius 2 is 2.41 bits per heavy atom. The largest absolute Gasteiger partial charge is 0.391 e. The number of aliphatic hydroxyl groups is 1. The number of ether oxygens (including phenoxy) is 1. The minimum atomic E-state index is -0.196. The predicted octanol–water partition coefficient (Wildman–Crippen LogP) is 1.16. The molecule has 1 saturated heterocycles. The molecule has 1 aromatic heterocycles. The van der Waals surface area contributed by atoms with E-state index >= 15 is 0 Å². The molecule has 1 N–H and O–H groups in total. The number of hydrogen-bond donors (Lipinski definition) is 1. The lowest BCUT2D eigenvalue weighted by molar-refractivity contribution is 0.0534. The molecular formula is C13H20N2O2. The van der Waals surface area contributed by atoms with Crippen LogP contribution in [-0.4, -0.2) is 34.0 Å². The first-order valence-corrected chi connectivity index (χ1v) is 6.62. The van der Waals surface area contributed by atoms with E-state index in [9.17, 15) is 5.11 Å². The standard InChI is InChI=1S/C13H20N2O2/c16-12-4-3-11-7-14-13(15(11)8-12)6-10-2-1-5-17-9-10/h7,10,12,16H,1-6,8-9H2. The van der Waals surface area contributed by atoms with E-state index in [4.69, 9.17) is 4.74 Å². The average Bonchev–Trinajstić information content (AvgIpc) is 2.73. The number of fused-ring (bicyclic) bond motifs is 1. The minimum Gasteiger partial charge on any atom is -0.391 e. The van der Waals surface area contributed by atoms with Gasteiger partial charge in [-0.15, -0.1) is 0 Å². The second-order valence-corrected chi connectivity index (χ2v) is 5.26. The molecule has 1 fully saturated rings. The molecule has 0 aromatic carbocycles. The maximum Gasteiger partial charge on any atom is 0.109 e. The van der Waals surface area contributed by atoms with Crippen molar-refractivity contribution in [2.75, 3.05) is 13.2 Å². The van der Waals surface area contributed by atoms with Crippen molar-refractivity contribution in [3.63, 3.8) is 0 Å². The van der Waals surface area contributed by atoms with Crippen LogP contribution >= 0.6 is 0 Å². The Kier molecular flexibility index (Phi) is 3.16. The normalized spacial score (nSPS) is 29.0. The molecule has 2 unspecified atom stereocenters. The highest BCUT2D eigenvalue weighted by atomic mass is 16.5. The van der Waals surface area contributed by atoms with Gasteiger partial charge >= 0.3 is 0 Å². The summed E-state index contributed by atoms with van der Waals surface area (Å²) in [6.45, 7) is 2.50. The Bertz CT molecular complexity index is 383. The third-order valence-corrected chi connectivity index (χ3v) is 3.87. The van der Waals surface area contributed by atoms with Crippen LogP contribution in [0, 0.1) is 5.92 Å². The molecule has 0 amide bonds. The maximum absolute atomic E-state index is 9.73. The Morgan fingerprint density at radius 1 is 1.47 bits per heavy atom. The minimum absolute atomic E-state index is 0.196. The molecule has 0 radical (unpaired) electrons. The lowest BCUT2D eigenvalue weighted by atomic mass is 9.98. The van der Waals surface area contributed by atoms with Crippen molar-refractivity contribution in [2.24, 2.45) is 5.92 Å². The Morgan fingerprint density at radius 3 is 3.24 bits per heavy atom. The Hall–Kier alpha value is -0.870. The summed E-state index contributed by atoms with van der Waals surface area (Å²) in [5.41, 5.74) is 1.28. The highest BCUT2D eigenvalue weighted by molar-refractivity contribution is 5.09. The fraction of sp³-hybridized carbons (Fsp3) is 0.769. The quantitative estimate of drug-likeness (QED) is 0.838. The molecule has 94 valence electrons. The van der Waals surface area contributed by atoms with E-state index in [-0.39, 0.29) is 6.10 Å². The van der Waals surface area contributed by atoms with E-state index in [1.54, 1.807) is 0 Å². The lowest BCUT2D eigenvalue weighted by Gasteiger charge is -2.25. The van der Waals surface area contributed by atoms with Crippen LogP contribution in [0.1, 0.15) is 30.8 Å². The van der Waals surface area contributed by atoms with Gasteiger partial charge in [0.05, 0.1) is 12.6 Å². The number of aryl methyl sites for hydroxylation is 1. The van der Waals surface area contributed by atoms with E-state index in [0.717, 1.165) is 44.8 Å². The highest BCUT2D eigenvalue weighted by Gasteiger charge is 2.22. The van der Waals surface area contributed by atoms with Gasteiger partial charge in [0, 0.05) is 31.5 Å². The van der Waals surface area contributed by atoms with Gasteiger partial charge in [-0.25, -0.2) is 4.98 Å². The molecule has 1 aromatic rings. The summed E-state index contributed by atoms with van der Waals surface area (Å²) in [5, 5.41) is 9.73. The Balaban J connectivity index is 1.72. The average molecular weight is 236 g/mol. The highest BCUT2D eigenvalue weighted by Crippen LogP contribution is 2.22. The third kappa shape index (κ3) is 2.38. The first-order chi connectivity index (χ1) is 8.33. The fourth-order valence-corrected chi connectivity index (χ4v) is 2.88. The molecule has 4 nitrogen and oxygen atoms in total. The van der Waals surface area contributed by atoms with Crippen molar-refractivity contribution in [3.8, 4) is 0 Å². The number of hydrogen-bond acceptors (Lipinski definition) is 3. The SMILES string of the molecule is OC1CCc2cnc(CC3CCCOC3)n2C1. The molecule has 0 saturated carbocycles. The van der Waals surface area contributed by atoms with Crippen LogP contribution in [0.3, 0.4) is 0 Å². The van der Waals surface area contributed by atoms with Gasteiger partial charge in [-0.3, -0.25) is 0 Å². The van der Waals surface area contributed by atoms with Gasteiger partial charge in [0.15, 0.2) is 0 Å². The van der Waals surface area contributed by atoms with E-state index in [0.29, 0.717) is 5.92 Å².